The Morgan fingerprint density at radius 2 is 0.848 bits per heavy atom. The normalized spacial score (nSPS) is 12.0. The van der Waals surface area contributed by atoms with Gasteiger partial charge in [-0.2, -0.15) is 0 Å². The lowest BCUT2D eigenvalue weighted by atomic mass is 10.1. The van der Waals surface area contributed by atoms with Gasteiger partial charge in [-0.1, -0.05) is 136 Å². The van der Waals surface area contributed by atoms with Crippen molar-refractivity contribution in [1.29, 1.82) is 0 Å². The van der Waals surface area contributed by atoms with Crippen molar-refractivity contribution in [2.24, 2.45) is 0 Å². The summed E-state index contributed by atoms with van der Waals surface area (Å²) in [6.45, 7) is 7.99. The summed E-state index contributed by atoms with van der Waals surface area (Å²) >= 11 is 24.0. The lowest BCUT2D eigenvalue weighted by molar-refractivity contribution is -0.905. The van der Waals surface area contributed by atoms with E-state index in [-0.39, 0.29) is 22.5 Å². The second kappa shape index (κ2) is 28.9. The quantitative estimate of drug-likeness (QED) is 0.0171. The van der Waals surface area contributed by atoms with Crippen LogP contribution >= 0.6 is 46.4 Å². The van der Waals surface area contributed by atoms with Crippen LogP contribution in [0.1, 0.15) is 102 Å². The number of rotatable bonds is 24. The van der Waals surface area contributed by atoms with Gasteiger partial charge >= 0.3 is 0 Å². The fourth-order valence-corrected chi connectivity index (χ4v) is 8.77. The highest BCUT2D eigenvalue weighted by molar-refractivity contribution is 7.86. The summed E-state index contributed by atoms with van der Waals surface area (Å²) in [5.41, 5.74) is 11.1. The molecule has 12 nitrogen and oxygen atoms in total. The molecule has 0 saturated heterocycles. The Morgan fingerprint density at radius 3 is 1.17 bits per heavy atom. The number of nitrogens with two attached hydrogens (primary N) is 2. The highest BCUT2D eigenvalue weighted by Gasteiger charge is 2.18. The summed E-state index contributed by atoms with van der Waals surface area (Å²) in [7, 11) is -0.812. The third-order valence-electron chi connectivity index (χ3n) is 10.2. The Balaban J connectivity index is 0.000000341. The van der Waals surface area contributed by atoms with Crippen molar-refractivity contribution in [2.45, 2.75) is 101 Å². The molecule has 66 heavy (non-hydrogen) atoms. The van der Waals surface area contributed by atoms with E-state index in [1.807, 2.05) is 12.1 Å². The van der Waals surface area contributed by atoms with Gasteiger partial charge in [0.05, 0.1) is 61.1 Å². The predicted molar refractivity (Wildman–Crippen MR) is 271 cm³/mol. The number of benzene rings is 4. The molecule has 4 rings (SSSR count). The molecule has 0 saturated carbocycles. The van der Waals surface area contributed by atoms with Crippen LogP contribution in [-0.2, 0) is 20.2 Å². The largest absolute Gasteiger partial charge is 0.744 e. The van der Waals surface area contributed by atoms with Crippen LogP contribution in [-0.4, -0.2) is 89.6 Å². The highest BCUT2D eigenvalue weighted by atomic mass is 35.5. The Bertz CT molecular complexity index is 2200. The van der Waals surface area contributed by atoms with E-state index in [1.165, 1.54) is 113 Å². The molecule has 0 bridgehead atoms. The highest BCUT2D eigenvalue weighted by Crippen LogP contribution is 2.30. The van der Waals surface area contributed by atoms with Gasteiger partial charge < -0.3 is 30.0 Å². The zero-order valence-electron chi connectivity index (χ0n) is 39.0. The Morgan fingerprint density at radius 1 is 0.515 bits per heavy atom. The van der Waals surface area contributed by atoms with Gasteiger partial charge in [0.25, 0.3) is 0 Å². The van der Waals surface area contributed by atoms with Crippen LogP contribution in [0.25, 0.3) is 12.2 Å². The molecule has 0 amide bonds. The molecule has 4 N–H and O–H groups in total. The maximum absolute atomic E-state index is 11.3. The van der Waals surface area contributed by atoms with E-state index in [0.717, 1.165) is 34.2 Å². The molecule has 0 aliphatic rings. The van der Waals surface area contributed by atoms with Crippen molar-refractivity contribution in [3.63, 3.8) is 0 Å². The molecule has 0 aliphatic carbocycles. The lowest BCUT2D eigenvalue weighted by Crippen LogP contribution is -2.43. The van der Waals surface area contributed by atoms with E-state index in [1.54, 1.807) is 24.3 Å². The zero-order valence-corrected chi connectivity index (χ0v) is 43.7. The van der Waals surface area contributed by atoms with E-state index in [2.05, 4.69) is 42.0 Å². The third-order valence-corrected chi connectivity index (χ3v) is 13.1. The Labute approximate surface area is 414 Å². The molecular formula is C48H68Cl4N4O8S2. The van der Waals surface area contributed by atoms with Gasteiger partial charge in [0.1, 0.15) is 31.7 Å². The predicted octanol–water partition coefficient (Wildman–Crippen LogP) is 12.4. The van der Waals surface area contributed by atoms with E-state index < -0.39 is 30.0 Å². The SMILES string of the molecule is CCCCCCCC[N+](C)(C)COc1ccc(Cl)cc1Cl.CCCCCCCC[N+](C)(C)COc1ccc(Cl)cc1Cl.Nc1ccc(/C=C/c2ccc(N)cc2S(=O)(=O)[O-])c(S(=O)(=O)[O-])c1. The molecular weight excluding hydrogens is 966 g/mol. The number of nitrogen functional groups attached to an aromatic ring is 2. The number of ether oxygens (including phenoxy) is 2. The van der Waals surface area contributed by atoms with Gasteiger partial charge in [-0.15, -0.1) is 0 Å². The Hall–Kier alpha value is -3.28. The minimum absolute atomic E-state index is 0.00488. The zero-order chi connectivity index (χ0) is 49.6. The average Bonchev–Trinajstić information content (AvgIpc) is 3.22. The van der Waals surface area contributed by atoms with Gasteiger partial charge in [0.15, 0.2) is 0 Å². The van der Waals surface area contributed by atoms with Crippen LogP contribution in [0.4, 0.5) is 11.4 Å². The molecule has 4 aromatic carbocycles. The minimum atomic E-state index is -4.79. The van der Waals surface area contributed by atoms with Crippen LogP contribution in [0.5, 0.6) is 11.5 Å². The van der Waals surface area contributed by atoms with Crippen molar-refractivity contribution in [2.75, 3.05) is 66.2 Å². The molecule has 0 atom stereocenters. The van der Waals surface area contributed by atoms with Crippen molar-refractivity contribution < 1.29 is 44.4 Å². The number of anilines is 2. The van der Waals surface area contributed by atoms with E-state index in [4.69, 9.17) is 67.3 Å². The molecule has 0 aliphatic heterocycles. The number of hydrogen-bond donors (Lipinski definition) is 2. The summed E-state index contributed by atoms with van der Waals surface area (Å²) in [5, 5.41) is 2.41. The lowest BCUT2D eigenvalue weighted by Gasteiger charge is -2.29. The van der Waals surface area contributed by atoms with Crippen LogP contribution < -0.4 is 20.9 Å². The number of nitrogens with zero attached hydrogens (tertiary/aromatic N) is 2. The number of halogens is 4. The van der Waals surface area contributed by atoms with E-state index in [0.29, 0.717) is 45.1 Å². The van der Waals surface area contributed by atoms with Crippen molar-refractivity contribution >= 4 is 90.2 Å². The fourth-order valence-electron chi connectivity index (χ4n) is 6.43. The van der Waals surface area contributed by atoms with Crippen molar-refractivity contribution in [3.05, 3.63) is 104 Å². The standard InChI is InChI=1S/2C17H28Cl2NO.C14H14N2O6S2/c2*1-4-5-6-7-8-9-12-20(2,3)14-21-17-11-10-15(18)13-16(17)19;15-11-5-3-9(13(7-11)23(17,18)19)1-2-10-4-6-12(16)8-14(10)24(20,21)22/h2*10-11,13H,4-9,12,14H2,1-3H3;1-8H,15-16H2,(H,17,18,19)(H,20,21,22)/q2*+1;/p-2/b;;2-1+. The van der Waals surface area contributed by atoms with Crippen LogP contribution in [0.2, 0.25) is 20.1 Å². The second-order valence-corrected chi connectivity index (χ2v) is 21.8. The first-order valence-corrected chi connectivity index (χ1v) is 26.4. The summed E-state index contributed by atoms with van der Waals surface area (Å²) in [6, 6.07) is 18.0. The van der Waals surface area contributed by atoms with Gasteiger partial charge in [-0.25, -0.2) is 16.8 Å². The smallest absolute Gasteiger partial charge is 0.223 e. The summed E-state index contributed by atoms with van der Waals surface area (Å²) < 4.78 is 81.0. The molecule has 4 aromatic rings. The first-order chi connectivity index (χ1) is 30.9. The first kappa shape index (κ1) is 58.8. The van der Waals surface area contributed by atoms with E-state index in [9.17, 15) is 25.9 Å². The summed E-state index contributed by atoms with van der Waals surface area (Å²) in [5.74, 6) is 1.41. The number of hydrogen-bond acceptors (Lipinski definition) is 10. The van der Waals surface area contributed by atoms with E-state index >= 15 is 0 Å². The maximum Gasteiger partial charge on any atom is 0.223 e. The number of quaternary nitrogens is 2. The van der Waals surface area contributed by atoms with Gasteiger partial charge in [0.2, 0.25) is 13.5 Å². The minimum Gasteiger partial charge on any atom is -0.744 e. The van der Waals surface area contributed by atoms with Crippen molar-refractivity contribution in [1.82, 2.24) is 0 Å². The van der Waals surface area contributed by atoms with Gasteiger partial charge in [0, 0.05) is 21.4 Å². The molecule has 0 radical (unpaired) electrons. The van der Waals surface area contributed by atoms with Crippen LogP contribution in [0.15, 0.2) is 82.6 Å². The topological polar surface area (TPSA) is 185 Å². The summed E-state index contributed by atoms with van der Waals surface area (Å²) in [4.78, 5) is -1.11. The van der Waals surface area contributed by atoms with Crippen molar-refractivity contribution in [3.8, 4) is 11.5 Å². The summed E-state index contributed by atoms with van der Waals surface area (Å²) in [6.07, 6.45) is 18.2. The first-order valence-electron chi connectivity index (χ1n) is 22.1. The average molecular weight is 1040 g/mol. The number of unbranched alkanes of at least 4 members (excludes halogenated alkanes) is 10. The Kier molecular flexibility index (Phi) is 25.8. The molecule has 0 unspecified atom stereocenters. The molecule has 0 heterocycles. The monoisotopic (exact) mass is 1030 g/mol. The fraction of sp³-hybridized carbons (Fsp3) is 0.458. The second-order valence-electron chi connectivity index (χ2n) is 17.4. The molecule has 0 fully saturated rings. The van der Waals surface area contributed by atoms with Crippen LogP contribution in [0.3, 0.4) is 0 Å². The third kappa shape index (κ3) is 23.6. The molecule has 0 spiro atoms. The van der Waals surface area contributed by atoms with Gasteiger partial charge in [-0.3, -0.25) is 8.97 Å². The van der Waals surface area contributed by atoms with Gasteiger partial charge in [-0.05, 0) is 97.5 Å². The maximum atomic E-state index is 11.3. The molecule has 0 aromatic heterocycles. The van der Waals surface area contributed by atoms with Crippen LogP contribution in [0, 0.1) is 0 Å². The molecule has 368 valence electrons. The molecule has 18 heteroatoms.